The highest BCUT2D eigenvalue weighted by Crippen LogP contribution is 2.18. The van der Waals surface area contributed by atoms with Gasteiger partial charge in [-0.2, -0.15) is 0 Å². The summed E-state index contributed by atoms with van der Waals surface area (Å²) in [6, 6.07) is 3.89. The van der Waals surface area contributed by atoms with Crippen LogP contribution in [0.25, 0.3) is 0 Å². The number of amides is 1. The van der Waals surface area contributed by atoms with Gasteiger partial charge in [0.15, 0.2) is 6.40 Å². The van der Waals surface area contributed by atoms with Crippen molar-refractivity contribution >= 4 is 12.8 Å². The fourth-order valence-electron chi connectivity index (χ4n) is 1.12. The molecule has 0 N–H and O–H groups in total. The first kappa shape index (κ1) is 17.1. The third-order valence-electron chi connectivity index (χ3n) is 2.31. The Morgan fingerprint density at radius 3 is 2.63 bits per heavy atom. The molecule has 1 aliphatic rings. The lowest BCUT2D eigenvalue weighted by Gasteiger charge is -2.06. The van der Waals surface area contributed by atoms with Crippen molar-refractivity contribution in [2.45, 2.75) is 26.9 Å². The number of aliphatic imine (C=N–C) groups is 1. The molecular formula is C14H23N3O2. The van der Waals surface area contributed by atoms with Crippen molar-refractivity contribution in [3.63, 3.8) is 0 Å². The zero-order chi connectivity index (χ0) is 14.5. The molecule has 106 valence electrons. The fraction of sp³-hybridized carbons (Fsp3) is 0.500. The molecular weight excluding hydrogens is 242 g/mol. The van der Waals surface area contributed by atoms with Crippen molar-refractivity contribution in [2.24, 2.45) is 4.99 Å². The third kappa shape index (κ3) is 7.18. The molecule has 0 fully saturated rings. The topological polar surface area (TPSA) is 54.8 Å². The Bertz CT molecular complexity index is 347. The average Bonchev–Trinajstić information content (AvgIpc) is 3.04. The standard InChI is InChI=1S/C8H8N2O.C4H9NO.C2H6/c1-2-7(4-9-3-1)8-5-10-6-11-8;1-3-5(2)4-6;1-2/h1-4,6,8H,5H2;4H,3H2,1-2H3;1-2H3. The summed E-state index contributed by atoms with van der Waals surface area (Å²) >= 11 is 0. The number of aromatic nitrogens is 1. The van der Waals surface area contributed by atoms with Crippen LogP contribution < -0.4 is 0 Å². The molecule has 0 saturated heterocycles. The highest BCUT2D eigenvalue weighted by atomic mass is 16.5. The third-order valence-corrected chi connectivity index (χ3v) is 2.31. The van der Waals surface area contributed by atoms with Crippen molar-refractivity contribution in [3.05, 3.63) is 30.1 Å². The minimum atomic E-state index is 0.0868. The molecule has 5 nitrogen and oxygen atoms in total. The van der Waals surface area contributed by atoms with Crippen LogP contribution in [-0.2, 0) is 9.53 Å². The zero-order valence-electron chi connectivity index (χ0n) is 12.1. The maximum Gasteiger partial charge on any atom is 0.209 e. The van der Waals surface area contributed by atoms with Crippen molar-refractivity contribution in [3.8, 4) is 0 Å². The first-order chi connectivity index (χ1) is 9.27. The second kappa shape index (κ2) is 11.2. The van der Waals surface area contributed by atoms with Gasteiger partial charge in [-0.25, -0.2) is 0 Å². The molecule has 0 saturated carbocycles. The molecule has 1 unspecified atom stereocenters. The molecule has 1 atom stereocenters. The maximum absolute atomic E-state index is 9.66. The van der Waals surface area contributed by atoms with Gasteiger partial charge in [0.05, 0.1) is 6.54 Å². The number of carbonyl (C=O) groups excluding carboxylic acids is 1. The Kier molecular flexibility index (Phi) is 10.1. The van der Waals surface area contributed by atoms with Crippen LogP contribution in [0, 0.1) is 0 Å². The summed E-state index contributed by atoms with van der Waals surface area (Å²) in [6.07, 6.45) is 5.94. The van der Waals surface area contributed by atoms with Gasteiger partial charge in [-0.05, 0) is 13.0 Å². The van der Waals surface area contributed by atoms with Crippen LogP contribution in [0.3, 0.4) is 0 Å². The van der Waals surface area contributed by atoms with Crippen molar-refractivity contribution in [2.75, 3.05) is 20.1 Å². The SMILES string of the molecule is C1=NCC(c2cccnc2)O1.CC.CCN(C)C=O. The highest BCUT2D eigenvalue weighted by Gasteiger charge is 2.14. The quantitative estimate of drug-likeness (QED) is 0.788. The predicted molar refractivity (Wildman–Crippen MR) is 77.1 cm³/mol. The Morgan fingerprint density at radius 2 is 2.26 bits per heavy atom. The Morgan fingerprint density at radius 1 is 1.53 bits per heavy atom. The van der Waals surface area contributed by atoms with E-state index in [-0.39, 0.29) is 6.10 Å². The molecule has 2 heterocycles. The van der Waals surface area contributed by atoms with E-state index in [4.69, 9.17) is 4.74 Å². The fourth-order valence-corrected chi connectivity index (χ4v) is 1.12. The lowest BCUT2D eigenvalue weighted by Crippen LogP contribution is -2.13. The molecule has 2 rings (SSSR count). The molecule has 0 bridgehead atoms. The molecule has 1 aliphatic heterocycles. The van der Waals surface area contributed by atoms with E-state index in [1.807, 2.05) is 32.9 Å². The van der Waals surface area contributed by atoms with E-state index in [0.717, 1.165) is 18.5 Å². The molecule has 0 radical (unpaired) electrons. The van der Waals surface area contributed by atoms with Gasteiger partial charge >= 0.3 is 0 Å². The summed E-state index contributed by atoms with van der Waals surface area (Å²) in [5.74, 6) is 0. The van der Waals surface area contributed by atoms with Crippen molar-refractivity contribution in [1.82, 2.24) is 9.88 Å². The van der Waals surface area contributed by atoms with Crippen LogP contribution in [0.2, 0.25) is 0 Å². The van der Waals surface area contributed by atoms with Crippen LogP contribution >= 0.6 is 0 Å². The summed E-state index contributed by atoms with van der Waals surface area (Å²) in [4.78, 5) is 19.2. The van der Waals surface area contributed by atoms with E-state index in [9.17, 15) is 4.79 Å². The van der Waals surface area contributed by atoms with Crippen molar-refractivity contribution in [1.29, 1.82) is 0 Å². The maximum atomic E-state index is 9.66. The number of rotatable bonds is 3. The van der Waals surface area contributed by atoms with Crippen LogP contribution in [0.1, 0.15) is 32.4 Å². The lowest BCUT2D eigenvalue weighted by molar-refractivity contribution is -0.116. The van der Waals surface area contributed by atoms with Gasteiger partial charge in [-0.15, -0.1) is 0 Å². The molecule has 0 aromatic carbocycles. The highest BCUT2D eigenvalue weighted by molar-refractivity contribution is 5.49. The van der Waals surface area contributed by atoms with Gasteiger partial charge in [-0.3, -0.25) is 14.8 Å². The Labute approximate surface area is 115 Å². The van der Waals surface area contributed by atoms with Gasteiger partial charge in [0, 0.05) is 31.5 Å². The summed E-state index contributed by atoms with van der Waals surface area (Å²) in [6.45, 7) is 7.43. The average molecular weight is 265 g/mol. The molecule has 19 heavy (non-hydrogen) atoms. The first-order valence-corrected chi connectivity index (χ1v) is 6.47. The summed E-state index contributed by atoms with van der Waals surface area (Å²) in [5, 5.41) is 0. The lowest BCUT2D eigenvalue weighted by atomic mass is 10.2. The summed E-state index contributed by atoms with van der Waals surface area (Å²) in [7, 11) is 1.74. The summed E-state index contributed by atoms with van der Waals surface area (Å²) < 4.78 is 5.21. The van der Waals surface area contributed by atoms with E-state index in [2.05, 4.69) is 9.98 Å². The number of pyridine rings is 1. The van der Waals surface area contributed by atoms with Crippen LogP contribution in [0.5, 0.6) is 0 Å². The van der Waals surface area contributed by atoms with Crippen LogP contribution in [-0.4, -0.2) is 42.8 Å². The first-order valence-electron chi connectivity index (χ1n) is 6.47. The van der Waals surface area contributed by atoms with E-state index >= 15 is 0 Å². The van der Waals surface area contributed by atoms with Crippen LogP contribution in [0.15, 0.2) is 29.5 Å². The number of hydrogen-bond donors (Lipinski definition) is 0. The molecule has 5 heteroatoms. The number of nitrogens with zero attached hydrogens (tertiary/aromatic N) is 3. The van der Waals surface area contributed by atoms with E-state index in [1.54, 1.807) is 24.3 Å². The number of hydrogen-bond acceptors (Lipinski definition) is 4. The van der Waals surface area contributed by atoms with Gasteiger partial charge < -0.3 is 9.64 Å². The molecule has 0 aliphatic carbocycles. The predicted octanol–water partition coefficient (Wildman–Crippen LogP) is 2.30. The van der Waals surface area contributed by atoms with Gasteiger partial charge in [-0.1, -0.05) is 19.9 Å². The molecule has 1 amide bonds. The molecule has 0 spiro atoms. The minimum Gasteiger partial charge on any atom is -0.474 e. The second-order valence-corrected chi connectivity index (χ2v) is 3.56. The Balaban J connectivity index is 0.000000350. The second-order valence-electron chi connectivity index (χ2n) is 3.56. The van der Waals surface area contributed by atoms with E-state index in [0.29, 0.717) is 6.54 Å². The normalized spacial score (nSPS) is 15.3. The van der Waals surface area contributed by atoms with E-state index < -0.39 is 0 Å². The van der Waals surface area contributed by atoms with Crippen molar-refractivity contribution < 1.29 is 9.53 Å². The molecule has 1 aromatic rings. The summed E-state index contributed by atoms with van der Waals surface area (Å²) in [5.41, 5.74) is 1.09. The minimum absolute atomic E-state index is 0.0868. The smallest absolute Gasteiger partial charge is 0.209 e. The number of ether oxygens (including phenoxy) is 1. The van der Waals surface area contributed by atoms with E-state index in [1.165, 1.54) is 6.40 Å². The zero-order valence-corrected chi connectivity index (χ0v) is 12.1. The monoisotopic (exact) mass is 265 g/mol. The Hall–Kier alpha value is -1.91. The largest absolute Gasteiger partial charge is 0.474 e. The van der Waals surface area contributed by atoms with Gasteiger partial charge in [0.2, 0.25) is 6.41 Å². The number of carbonyl (C=O) groups is 1. The van der Waals surface area contributed by atoms with Crippen LogP contribution in [0.4, 0.5) is 0 Å². The molecule has 1 aromatic heterocycles. The van der Waals surface area contributed by atoms with Gasteiger partial charge in [0.1, 0.15) is 6.10 Å². The van der Waals surface area contributed by atoms with Gasteiger partial charge in [0.25, 0.3) is 0 Å².